The maximum Gasteiger partial charge on any atom is 0.238 e. The van der Waals surface area contributed by atoms with Crippen LogP contribution < -0.4 is 5.32 Å². The van der Waals surface area contributed by atoms with Crippen molar-refractivity contribution < 1.29 is 4.79 Å². The number of carbonyl (C=O) groups is 1. The molecule has 1 aliphatic heterocycles. The molecule has 1 heterocycles. The van der Waals surface area contributed by atoms with Crippen LogP contribution in [-0.2, 0) is 4.79 Å². The molecule has 0 bridgehead atoms. The normalized spacial score (nSPS) is 18.1. The highest BCUT2D eigenvalue weighted by atomic mass is 35.5. The lowest BCUT2D eigenvalue weighted by Gasteiger charge is -2.24. The predicted octanol–water partition coefficient (Wildman–Crippen LogP) is 4.42. The molecule has 1 aliphatic rings. The quantitative estimate of drug-likeness (QED) is 0.900. The molecule has 3 nitrogen and oxygen atoms in total. The summed E-state index contributed by atoms with van der Waals surface area (Å²) in [5.74, 6) is -0.0152. The number of rotatable bonds is 4. The summed E-state index contributed by atoms with van der Waals surface area (Å²) < 4.78 is 0. The topological polar surface area (TPSA) is 32.3 Å². The van der Waals surface area contributed by atoms with Gasteiger partial charge >= 0.3 is 0 Å². The third-order valence-corrected chi connectivity index (χ3v) is 4.61. The fraction of sp³-hybridized carbons (Fsp3) is 0.316. The molecule has 120 valence electrons. The highest BCUT2D eigenvalue weighted by Gasteiger charge is 2.27. The Morgan fingerprint density at radius 2 is 2.04 bits per heavy atom. The number of hydrogen-bond acceptors (Lipinski definition) is 2. The highest BCUT2D eigenvalue weighted by Crippen LogP contribution is 2.31. The Morgan fingerprint density at radius 3 is 2.78 bits per heavy atom. The van der Waals surface area contributed by atoms with Crippen LogP contribution in [0.3, 0.4) is 0 Å². The minimum absolute atomic E-state index is 0.0152. The van der Waals surface area contributed by atoms with Gasteiger partial charge in [0.25, 0.3) is 0 Å². The van der Waals surface area contributed by atoms with Crippen molar-refractivity contribution in [3.8, 4) is 0 Å². The molecule has 1 atom stereocenters. The van der Waals surface area contributed by atoms with E-state index < -0.39 is 0 Å². The van der Waals surface area contributed by atoms with E-state index >= 15 is 0 Å². The minimum Gasteiger partial charge on any atom is -0.324 e. The predicted molar refractivity (Wildman–Crippen MR) is 94.8 cm³/mol. The molecule has 1 amide bonds. The molecule has 23 heavy (non-hydrogen) atoms. The number of hydrogen-bond donors (Lipinski definition) is 1. The molecule has 1 N–H and O–H groups in total. The number of carbonyl (C=O) groups excluding carboxylic acids is 1. The summed E-state index contributed by atoms with van der Waals surface area (Å²) >= 11 is 6.19. The first-order valence-corrected chi connectivity index (χ1v) is 8.36. The van der Waals surface area contributed by atoms with Crippen molar-refractivity contribution in [3.05, 3.63) is 64.7 Å². The number of amides is 1. The monoisotopic (exact) mass is 328 g/mol. The van der Waals surface area contributed by atoms with Gasteiger partial charge in [-0.05, 0) is 49.6 Å². The molecule has 1 unspecified atom stereocenters. The van der Waals surface area contributed by atoms with Gasteiger partial charge in [0.1, 0.15) is 0 Å². The SMILES string of the molecule is Cc1ccc(NC(=O)CN2CCCC2c2ccccc2)c(Cl)c1. The van der Waals surface area contributed by atoms with E-state index in [1.54, 1.807) is 0 Å². The van der Waals surface area contributed by atoms with Gasteiger partial charge in [0, 0.05) is 6.04 Å². The van der Waals surface area contributed by atoms with E-state index in [0.717, 1.165) is 24.9 Å². The van der Waals surface area contributed by atoms with Crippen LogP contribution in [0, 0.1) is 6.92 Å². The molecule has 0 aromatic heterocycles. The van der Waals surface area contributed by atoms with Gasteiger partial charge in [-0.1, -0.05) is 48.0 Å². The van der Waals surface area contributed by atoms with Crippen LogP contribution in [0.1, 0.15) is 30.0 Å². The molecule has 2 aromatic rings. The summed E-state index contributed by atoms with van der Waals surface area (Å²) in [5.41, 5.74) is 3.04. The first-order chi connectivity index (χ1) is 11.1. The molecule has 2 aromatic carbocycles. The van der Waals surface area contributed by atoms with Gasteiger partial charge in [-0.15, -0.1) is 0 Å². The van der Waals surface area contributed by atoms with Gasteiger partial charge in [0.15, 0.2) is 0 Å². The first-order valence-electron chi connectivity index (χ1n) is 7.98. The molecule has 4 heteroatoms. The van der Waals surface area contributed by atoms with Gasteiger partial charge in [0.05, 0.1) is 17.3 Å². The summed E-state index contributed by atoms with van der Waals surface area (Å²) in [4.78, 5) is 14.6. The molecule has 1 fully saturated rings. The Kier molecular flexibility index (Phi) is 4.99. The summed E-state index contributed by atoms with van der Waals surface area (Å²) in [6, 6.07) is 16.4. The van der Waals surface area contributed by atoms with E-state index in [1.165, 1.54) is 5.56 Å². The Morgan fingerprint density at radius 1 is 1.26 bits per heavy atom. The van der Waals surface area contributed by atoms with Crippen molar-refractivity contribution in [3.63, 3.8) is 0 Å². The lowest BCUT2D eigenvalue weighted by Crippen LogP contribution is -2.33. The van der Waals surface area contributed by atoms with Gasteiger partial charge in [0.2, 0.25) is 5.91 Å². The van der Waals surface area contributed by atoms with Crippen molar-refractivity contribution in [2.45, 2.75) is 25.8 Å². The maximum atomic E-state index is 12.4. The van der Waals surface area contributed by atoms with E-state index in [1.807, 2.05) is 31.2 Å². The van der Waals surface area contributed by atoms with Crippen LogP contribution in [0.4, 0.5) is 5.69 Å². The number of anilines is 1. The largest absolute Gasteiger partial charge is 0.324 e. The second-order valence-corrected chi connectivity index (χ2v) is 6.48. The lowest BCUT2D eigenvalue weighted by atomic mass is 10.0. The van der Waals surface area contributed by atoms with E-state index in [2.05, 4.69) is 34.5 Å². The second-order valence-electron chi connectivity index (χ2n) is 6.07. The Labute approximate surface area is 142 Å². The fourth-order valence-corrected chi connectivity index (χ4v) is 3.45. The van der Waals surface area contributed by atoms with Gasteiger partial charge in [-0.3, -0.25) is 9.69 Å². The number of halogens is 1. The number of likely N-dealkylation sites (tertiary alicyclic amines) is 1. The molecule has 0 radical (unpaired) electrons. The van der Waals surface area contributed by atoms with Crippen molar-refractivity contribution >= 4 is 23.2 Å². The number of nitrogens with zero attached hydrogens (tertiary/aromatic N) is 1. The fourth-order valence-electron chi connectivity index (χ4n) is 3.16. The average Bonchev–Trinajstić information content (AvgIpc) is 2.99. The van der Waals surface area contributed by atoms with Crippen molar-refractivity contribution in [1.82, 2.24) is 4.90 Å². The van der Waals surface area contributed by atoms with Crippen LogP contribution in [-0.4, -0.2) is 23.9 Å². The van der Waals surface area contributed by atoms with Gasteiger partial charge in [-0.25, -0.2) is 0 Å². The summed E-state index contributed by atoms with van der Waals surface area (Å²) in [6.45, 7) is 3.32. The van der Waals surface area contributed by atoms with Crippen molar-refractivity contribution in [1.29, 1.82) is 0 Å². The molecule has 0 aliphatic carbocycles. The molecule has 1 saturated heterocycles. The Hall–Kier alpha value is -1.84. The molecule has 0 saturated carbocycles. The third kappa shape index (κ3) is 3.92. The van der Waals surface area contributed by atoms with Crippen LogP contribution >= 0.6 is 11.6 Å². The zero-order valence-corrected chi connectivity index (χ0v) is 14.0. The standard InChI is InChI=1S/C19H21ClN2O/c1-14-9-10-17(16(20)12-14)21-19(23)13-22-11-5-8-18(22)15-6-3-2-4-7-15/h2-4,6-7,9-10,12,18H,5,8,11,13H2,1H3,(H,21,23). The highest BCUT2D eigenvalue weighted by molar-refractivity contribution is 6.33. The summed E-state index contributed by atoms with van der Waals surface area (Å²) in [6.07, 6.45) is 2.22. The maximum absolute atomic E-state index is 12.4. The Balaban J connectivity index is 1.65. The van der Waals surface area contributed by atoms with Crippen LogP contribution in [0.15, 0.2) is 48.5 Å². The second kappa shape index (κ2) is 7.16. The van der Waals surface area contributed by atoms with E-state index in [-0.39, 0.29) is 5.91 Å². The van der Waals surface area contributed by atoms with Gasteiger partial charge < -0.3 is 5.32 Å². The first kappa shape index (κ1) is 16.0. The van der Waals surface area contributed by atoms with Crippen molar-refractivity contribution in [2.75, 3.05) is 18.4 Å². The van der Waals surface area contributed by atoms with Crippen molar-refractivity contribution in [2.24, 2.45) is 0 Å². The van der Waals surface area contributed by atoms with Crippen LogP contribution in [0.25, 0.3) is 0 Å². The number of nitrogens with one attached hydrogen (secondary N) is 1. The Bertz CT molecular complexity index is 687. The lowest BCUT2D eigenvalue weighted by molar-refractivity contribution is -0.117. The molecule has 3 rings (SSSR count). The summed E-state index contributed by atoms with van der Waals surface area (Å²) in [7, 11) is 0. The third-order valence-electron chi connectivity index (χ3n) is 4.29. The summed E-state index contributed by atoms with van der Waals surface area (Å²) in [5, 5.41) is 3.51. The number of aryl methyl sites for hydroxylation is 1. The van der Waals surface area contributed by atoms with E-state index in [0.29, 0.717) is 23.3 Å². The van der Waals surface area contributed by atoms with E-state index in [9.17, 15) is 4.79 Å². The van der Waals surface area contributed by atoms with E-state index in [4.69, 9.17) is 11.6 Å². The minimum atomic E-state index is -0.0152. The molecular formula is C19H21ClN2O. The van der Waals surface area contributed by atoms with Crippen LogP contribution in [0.5, 0.6) is 0 Å². The zero-order chi connectivity index (χ0) is 16.2. The molecular weight excluding hydrogens is 308 g/mol. The zero-order valence-electron chi connectivity index (χ0n) is 13.3. The average molecular weight is 329 g/mol. The van der Waals surface area contributed by atoms with Gasteiger partial charge in [-0.2, -0.15) is 0 Å². The molecule has 0 spiro atoms. The number of benzene rings is 2. The smallest absolute Gasteiger partial charge is 0.238 e. The van der Waals surface area contributed by atoms with Crippen LogP contribution in [0.2, 0.25) is 5.02 Å².